The molecule has 0 unspecified atom stereocenters. The van der Waals surface area contributed by atoms with Crippen molar-refractivity contribution in [3.8, 4) is 0 Å². The number of hydrogen-bond donors (Lipinski definition) is 1. The van der Waals surface area contributed by atoms with Gasteiger partial charge in [-0.15, -0.1) is 11.3 Å². The van der Waals surface area contributed by atoms with E-state index in [2.05, 4.69) is 35.5 Å². The minimum absolute atomic E-state index is 0.245. The van der Waals surface area contributed by atoms with Crippen LogP contribution in [0.1, 0.15) is 25.1 Å². The lowest BCUT2D eigenvalue weighted by atomic mass is 10.2. The summed E-state index contributed by atoms with van der Waals surface area (Å²) in [6.45, 7) is 9.50. The highest BCUT2D eigenvalue weighted by atomic mass is 32.1. The van der Waals surface area contributed by atoms with E-state index in [1.165, 1.54) is 4.88 Å². The molecule has 5 heteroatoms. The number of carbonyl (C=O) groups excluding carboxylic acids is 1. The van der Waals surface area contributed by atoms with Crippen molar-refractivity contribution in [1.82, 2.24) is 15.1 Å². The molecule has 2 heterocycles. The Morgan fingerprint density at radius 3 is 3.00 bits per heavy atom. The Bertz CT molecular complexity index is 397. The molecule has 112 valence electrons. The van der Waals surface area contributed by atoms with Gasteiger partial charge in [-0.2, -0.15) is 0 Å². The van der Waals surface area contributed by atoms with E-state index in [-0.39, 0.29) is 11.9 Å². The van der Waals surface area contributed by atoms with Crippen molar-refractivity contribution in [3.05, 3.63) is 22.4 Å². The lowest BCUT2D eigenvalue weighted by Gasteiger charge is -2.29. The topological polar surface area (TPSA) is 35.6 Å². The molecule has 0 saturated carbocycles. The van der Waals surface area contributed by atoms with Crippen molar-refractivity contribution < 1.29 is 4.79 Å². The molecule has 1 fully saturated rings. The Balaban J connectivity index is 1.92. The van der Waals surface area contributed by atoms with E-state index in [0.717, 1.165) is 39.1 Å². The van der Waals surface area contributed by atoms with Crippen LogP contribution in [-0.4, -0.2) is 54.5 Å². The highest BCUT2D eigenvalue weighted by Gasteiger charge is 2.21. The monoisotopic (exact) mass is 295 g/mol. The number of amides is 1. The van der Waals surface area contributed by atoms with Crippen LogP contribution in [-0.2, 0) is 11.3 Å². The highest BCUT2D eigenvalue weighted by molar-refractivity contribution is 7.09. The lowest BCUT2D eigenvalue weighted by Crippen LogP contribution is -2.44. The maximum atomic E-state index is 12.6. The Hall–Kier alpha value is -0.910. The Morgan fingerprint density at radius 1 is 1.45 bits per heavy atom. The van der Waals surface area contributed by atoms with E-state index in [1.807, 2.05) is 11.0 Å². The van der Waals surface area contributed by atoms with Crippen LogP contribution in [0.2, 0.25) is 0 Å². The van der Waals surface area contributed by atoms with E-state index in [0.29, 0.717) is 6.54 Å². The van der Waals surface area contributed by atoms with E-state index in [1.54, 1.807) is 11.3 Å². The van der Waals surface area contributed by atoms with Crippen molar-refractivity contribution >= 4 is 17.2 Å². The smallest absolute Gasteiger partial charge is 0.237 e. The predicted molar refractivity (Wildman–Crippen MR) is 83.9 cm³/mol. The zero-order chi connectivity index (χ0) is 14.4. The van der Waals surface area contributed by atoms with Gasteiger partial charge in [0.25, 0.3) is 0 Å². The predicted octanol–water partition coefficient (Wildman–Crippen LogP) is 1.78. The first kappa shape index (κ1) is 15.5. The van der Waals surface area contributed by atoms with Gasteiger partial charge in [-0.3, -0.25) is 9.69 Å². The van der Waals surface area contributed by atoms with Gasteiger partial charge >= 0.3 is 0 Å². The van der Waals surface area contributed by atoms with Crippen LogP contribution in [0, 0.1) is 0 Å². The van der Waals surface area contributed by atoms with Crippen molar-refractivity contribution in [3.63, 3.8) is 0 Å². The van der Waals surface area contributed by atoms with Crippen LogP contribution in [0.15, 0.2) is 17.5 Å². The van der Waals surface area contributed by atoms with Gasteiger partial charge in [0.15, 0.2) is 0 Å². The molecule has 4 nitrogen and oxygen atoms in total. The summed E-state index contributed by atoms with van der Waals surface area (Å²) in [6.07, 6.45) is 1.12. The van der Waals surface area contributed by atoms with Crippen molar-refractivity contribution in [2.24, 2.45) is 0 Å². The molecule has 1 saturated heterocycles. The molecule has 20 heavy (non-hydrogen) atoms. The first-order chi connectivity index (χ1) is 9.66. The lowest BCUT2D eigenvalue weighted by molar-refractivity contribution is -0.134. The largest absolute Gasteiger partial charge is 0.334 e. The summed E-state index contributed by atoms with van der Waals surface area (Å²) in [5.41, 5.74) is 0. The third-order valence-corrected chi connectivity index (χ3v) is 4.50. The SMILES string of the molecule is CC(C)N(Cc1cccs1)C(=O)CN1CCCNCC1. The molecule has 1 aromatic rings. The normalized spacial score (nSPS) is 17.1. The van der Waals surface area contributed by atoms with E-state index in [9.17, 15) is 4.79 Å². The molecule has 1 aliphatic rings. The second kappa shape index (κ2) is 7.76. The summed E-state index contributed by atoms with van der Waals surface area (Å²) in [4.78, 5) is 18.1. The average Bonchev–Trinajstić information content (AvgIpc) is 2.79. The molecule has 0 atom stereocenters. The van der Waals surface area contributed by atoms with Crippen molar-refractivity contribution in [2.75, 3.05) is 32.7 Å². The van der Waals surface area contributed by atoms with Crippen molar-refractivity contribution in [1.29, 1.82) is 0 Å². The summed E-state index contributed by atoms with van der Waals surface area (Å²) in [5.74, 6) is 0.246. The van der Waals surface area contributed by atoms with E-state index >= 15 is 0 Å². The third kappa shape index (κ3) is 4.58. The van der Waals surface area contributed by atoms with Crippen LogP contribution in [0.5, 0.6) is 0 Å². The maximum absolute atomic E-state index is 12.6. The Kier molecular flexibility index (Phi) is 6.01. The number of nitrogens with zero attached hydrogens (tertiary/aromatic N) is 2. The zero-order valence-corrected chi connectivity index (χ0v) is 13.3. The fraction of sp³-hybridized carbons (Fsp3) is 0.667. The van der Waals surface area contributed by atoms with Crippen LogP contribution < -0.4 is 5.32 Å². The zero-order valence-electron chi connectivity index (χ0n) is 12.5. The number of carbonyl (C=O) groups is 1. The fourth-order valence-corrected chi connectivity index (χ4v) is 3.17. The molecule has 0 spiro atoms. The first-order valence-corrected chi connectivity index (χ1v) is 8.29. The molecular weight excluding hydrogens is 270 g/mol. The first-order valence-electron chi connectivity index (χ1n) is 7.41. The minimum atomic E-state index is 0.245. The highest BCUT2D eigenvalue weighted by Crippen LogP contribution is 2.14. The van der Waals surface area contributed by atoms with Crippen LogP contribution in [0.25, 0.3) is 0 Å². The molecule has 1 N–H and O–H groups in total. The van der Waals surface area contributed by atoms with Gasteiger partial charge in [-0.05, 0) is 44.8 Å². The summed E-state index contributed by atoms with van der Waals surface area (Å²) < 4.78 is 0. The summed E-state index contributed by atoms with van der Waals surface area (Å²) >= 11 is 1.72. The molecule has 2 rings (SSSR count). The molecule has 0 radical (unpaired) electrons. The second-order valence-electron chi connectivity index (χ2n) is 5.57. The van der Waals surface area contributed by atoms with Gasteiger partial charge in [0.1, 0.15) is 0 Å². The second-order valence-corrected chi connectivity index (χ2v) is 6.61. The molecule has 0 bridgehead atoms. The maximum Gasteiger partial charge on any atom is 0.237 e. The fourth-order valence-electron chi connectivity index (χ4n) is 2.47. The summed E-state index contributed by atoms with van der Waals surface area (Å²) in [5, 5.41) is 5.44. The van der Waals surface area contributed by atoms with E-state index in [4.69, 9.17) is 0 Å². The Morgan fingerprint density at radius 2 is 2.30 bits per heavy atom. The van der Waals surface area contributed by atoms with E-state index < -0.39 is 0 Å². The quantitative estimate of drug-likeness (QED) is 0.899. The van der Waals surface area contributed by atoms with Crippen LogP contribution in [0.4, 0.5) is 0 Å². The van der Waals surface area contributed by atoms with Gasteiger partial charge in [-0.1, -0.05) is 6.07 Å². The van der Waals surface area contributed by atoms with Crippen molar-refractivity contribution in [2.45, 2.75) is 32.9 Å². The van der Waals surface area contributed by atoms with Gasteiger partial charge < -0.3 is 10.2 Å². The molecule has 0 aliphatic carbocycles. The standard InChI is InChI=1S/C15H25N3OS/c1-13(2)18(11-14-5-3-10-20-14)15(19)12-17-8-4-6-16-7-9-17/h3,5,10,13,16H,4,6-9,11-12H2,1-2H3. The number of hydrogen-bond acceptors (Lipinski definition) is 4. The van der Waals surface area contributed by atoms with Crippen LogP contribution >= 0.6 is 11.3 Å². The Labute approximate surface area is 125 Å². The summed E-state index contributed by atoms with van der Waals surface area (Å²) in [6, 6.07) is 4.39. The van der Waals surface area contributed by atoms with Gasteiger partial charge in [-0.25, -0.2) is 0 Å². The molecule has 0 aromatic carbocycles. The molecular formula is C15H25N3OS. The number of nitrogens with one attached hydrogen (secondary N) is 1. The van der Waals surface area contributed by atoms with Crippen LogP contribution in [0.3, 0.4) is 0 Å². The molecule has 1 amide bonds. The van der Waals surface area contributed by atoms with Gasteiger partial charge in [0.2, 0.25) is 5.91 Å². The molecule has 1 aliphatic heterocycles. The summed E-state index contributed by atoms with van der Waals surface area (Å²) in [7, 11) is 0. The molecule has 1 aromatic heterocycles. The average molecular weight is 295 g/mol. The minimum Gasteiger partial charge on any atom is -0.334 e. The van der Waals surface area contributed by atoms with Gasteiger partial charge in [0, 0.05) is 24.0 Å². The number of rotatable bonds is 5. The third-order valence-electron chi connectivity index (χ3n) is 3.64. The number of thiophene rings is 1. The van der Waals surface area contributed by atoms with Gasteiger partial charge in [0.05, 0.1) is 13.1 Å².